The maximum absolute atomic E-state index is 5.47. The van der Waals surface area contributed by atoms with Gasteiger partial charge in [-0.05, 0) is 38.1 Å². The predicted octanol–water partition coefficient (Wildman–Crippen LogP) is 2.99. The summed E-state index contributed by atoms with van der Waals surface area (Å²) in [6, 6.07) is 9.21. The summed E-state index contributed by atoms with van der Waals surface area (Å²) in [5.41, 5.74) is 4.40. The zero-order chi connectivity index (χ0) is 21.2. The topological polar surface area (TPSA) is 60.5 Å². The van der Waals surface area contributed by atoms with E-state index in [-0.39, 0.29) is 0 Å². The van der Waals surface area contributed by atoms with E-state index >= 15 is 0 Å². The second-order valence-electron chi connectivity index (χ2n) is 8.83. The molecular formula is C24H32N6O. The first-order valence-corrected chi connectivity index (χ1v) is 11.4. The summed E-state index contributed by atoms with van der Waals surface area (Å²) in [6.45, 7) is 13.3. The molecule has 0 unspecified atom stereocenters. The van der Waals surface area contributed by atoms with Crippen molar-refractivity contribution in [2.75, 3.05) is 57.4 Å². The van der Waals surface area contributed by atoms with E-state index in [1.807, 2.05) is 12.4 Å². The Kier molecular flexibility index (Phi) is 5.89. The van der Waals surface area contributed by atoms with Crippen molar-refractivity contribution < 1.29 is 4.74 Å². The Hall–Kier alpha value is -2.48. The highest BCUT2D eigenvalue weighted by atomic mass is 16.5. The van der Waals surface area contributed by atoms with E-state index < -0.39 is 0 Å². The number of morpholine rings is 1. The maximum Gasteiger partial charge on any atom is 0.128 e. The van der Waals surface area contributed by atoms with Gasteiger partial charge in [0.15, 0.2) is 0 Å². The highest BCUT2D eigenvalue weighted by molar-refractivity contribution is 5.93. The van der Waals surface area contributed by atoms with Crippen LogP contribution in [0.2, 0.25) is 0 Å². The molecule has 0 radical (unpaired) electrons. The number of aromatic nitrogens is 3. The normalized spacial score (nSPS) is 18.9. The molecule has 7 nitrogen and oxygen atoms in total. The smallest absolute Gasteiger partial charge is 0.128 e. The molecule has 164 valence electrons. The van der Waals surface area contributed by atoms with Crippen LogP contribution < -0.4 is 4.90 Å². The van der Waals surface area contributed by atoms with E-state index in [2.05, 4.69) is 57.8 Å². The molecule has 31 heavy (non-hydrogen) atoms. The lowest BCUT2D eigenvalue weighted by Gasteiger charge is -2.37. The lowest BCUT2D eigenvalue weighted by Crippen LogP contribution is -2.49. The molecule has 1 N–H and O–H groups in total. The minimum absolute atomic E-state index is 0.610. The van der Waals surface area contributed by atoms with Crippen LogP contribution in [0.1, 0.15) is 19.5 Å². The van der Waals surface area contributed by atoms with Crippen LogP contribution in [-0.2, 0) is 11.3 Å². The molecular weight excluding hydrogens is 388 g/mol. The molecule has 2 fully saturated rings. The van der Waals surface area contributed by atoms with Crippen molar-refractivity contribution in [3.05, 3.63) is 42.4 Å². The number of H-pyrrole nitrogens is 1. The third-order valence-electron chi connectivity index (χ3n) is 6.49. The fraction of sp³-hybridized carbons (Fsp3) is 0.500. The van der Waals surface area contributed by atoms with Gasteiger partial charge in [0.1, 0.15) is 5.82 Å². The minimum atomic E-state index is 0.610. The molecule has 0 bridgehead atoms. The molecule has 0 spiro atoms. The number of rotatable bonds is 5. The molecule has 3 aromatic heterocycles. The number of ether oxygens (including phenoxy) is 1. The first kappa shape index (κ1) is 20.4. The number of pyridine rings is 2. The molecule has 0 aliphatic carbocycles. The number of aromatic amines is 1. The van der Waals surface area contributed by atoms with Gasteiger partial charge in [-0.25, -0.2) is 4.98 Å². The third kappa shape index (κ3) is 4.44. The Morgan fingerprint density at radius 3 is 2.52 bits per heavy atom. The lowest BCUT2D eigenvalue weighted by atomic mass is 10.1. The molecule has 7 heteroatoms. The molecule has 3 aromatic rings. The summed E-state index contributed by atoms with van der Waals surface area (Å²) in [5.74, 6) is 1.06. The number of nitrogens with zero attached hydrogens (tertiary/aromatic N) is 5. The fourth-order valence-corrected chi connectivity index (χ4v) is 4.61. The standard InChI is InChI=1S/C24H32N6O/c1-18(2)29-7-9-30(10-8-29)23-4-3-19(16-26-23)24-21-15-20(27-22(21)5-6-25-24)17-28-11-13-31-14-12-28/h3-6,15-16,18,27H,7-14,17H2,1-2H3. The molecule has 2 saturated heterocycles. The molecule has 2 aliphatic heterocycles. The van der Waals surface area contributed by atoms with Crippen LogP contribution in [-0.4, -0.2) is 83.3 Å². The average molecular weight is 421 g/mol. The second kappa shape index (κ2) is 8.94. The Morgan fingerprint density at radius 1 is 1.00 bits per heavy atom. The number of fused-ring (bicyclic) bond motifs is 1. The Labute approximate surface area is 184 Å². The second-order valence-corrected chi connectivity index (χ2v) is 8.83. The Balaban J connectivity index is 1.33. The van der Waals surface area contributed by atoms with Gasteiger partial charge in [-0.1, -0.05) is 0 Å². The molecule has 0 atom stereocenters. The van der Waals surface area contributed by atoms with Gasteiger partial charge in [0.2, 0.25) is 0 Å². The van der Waals surface area contributed by atoms with Crippen LogP contribution in [0.3, 0.4) is 0 Å². The van der Waals surface area contributed by atoms with Gasteiger partial charge in [-0.15, -0.1) is 0 Å². The molecule has 5 heterocycles. The van der Waals surface area contributed by atoms with Crippen LogP contribution in [0.4, 0.5) is 5.82 Å². The van der Waals surface area contributed by atoms with E-state index in [1.165, 1.54) is 5.69 Å². The quantitative estimate of drug-likeness (QED) is 0.685. The van der Waals surface area contributed by atoms with Crippen LogP contribution >= 0.6 is 0 Å². The third-order valence-corrected chi connectivity index (χ3v) is 6.49. The summed E-state index contributed by atoms with van der Waals surface area (Å²) in [7, 11) is 0. The van der Waals surface area contributed by atoms with E-state index in [4.69, 9.17) is 14.7 Å². The SMILES string of the molecule is CC(C)N1CCN(c2ccc(-c3nccc4[nH]c(CN5CCOCC5)cc34)cn2)CC1. The van der Waals surface area contributed by atoms with Crippen molar-refractivity contribution >= 4 is 16.7 Å². The average Bonchev–Trinajstić information content (AvgIpc) is 3.22. The summed E-state index contributed by atoms with van der Waals surface area (Å²) in [6.07, 6.45) is 3.85. The Bertz CT molecular complexity index is 1000. The van der Waals surface area contributed by atoms with Crippen LogP contribution in [0.5, 0.6) is 0 Å². The van der Waals surface area contributed by atoms with E-state index in [9.17, 15) is 0 Å². The van der Waals surface area contributed by atoms with Crippen molar-refractivity contribution in [1.82, 2.24) is 24.8 Å². The van der Waals surface area contributed by atoms with Gasteiger partial charge in [-0.3, -0.25) is 14.8 Å². The maximum atomic E-state index is 5.47. The Morgan fingerprint density at radius 2 is 1.81 bits per heavy atom. The van der Waals surface area contributed by atoms with Crippen molar-refractivity contribution in [2.45, 2.75) is 26.4 Å². The largest absolute Gasteiger partial charge is 0.379 e. The molecule has 0 aromatic carbocycles. The van der Waals surface area contributed by atoms with Crippen LogP contribution in [0.25, 0.3) is 22.2 Å². The fourth-order valence-electron chi connectivity index (χ4n) is 4.61. The van der Waals surface area contributed by atoms with Crippen molar-refractivity contribution in [3.8, 4) is 11.3 Å². The van der Waals surface area contributed by atoms with Crippen molar-refractivity contribution in [3.63, 3.8) is 0 Å². The van der Waals surface area contributed by atoms with Crippen molar-refractivity contribution in [1.29, 1.82) is 0 Å². The lowest BCUT2D eigenvalue weighted by molar-refractivity contribution is 0.0337. The zero-order valence-corrected chi connectivity index (χ0v) is 18.5. The molecule has 5 rings (SSSR count). The summed E-state index contributed by atoms with van der Waals surface area (Å²) >= 11 is 0. The molecule has 0 amide bonds. The van der Waals surface area contributed by atoms with Gasteiger partial charge < -0.3 is 14.6 Å². The highest BCUT2D eigenvalue weighted by Gasteiger charge is 2.20. The predicted molar refractivity (Wildman–Crippen MR) is 124 cm³/mol. The van der Waals surface area contributed by atoms with Crippen LogP contribution in [0, 0.1) is 0 Å². The van der Waals surface area contributed by atoms with E-state index in [0.29, 0.717) is 6.04 Å². The minimum Gasteiger partial charge on any atom is -0.379 e. The summed E-state index contributed by atoms with van der Waals surface area (Å²) < 4.78 is 5.47. The summed E-state index contributed by atoms with van der Waals surface area (Å²) in [4.78, 5) is 20.4. The first-order valence-electron chi connectivity index (χ1n) is 11.4. The van der Waals surface area contributed by atoms with Gasteiger partial charge in [0.05, 0.1) is 18.9 Å². The molecule has 0 saturated carbocycles. The van der Waals surface area contributed by atoms with Gasteiger partial charge in [0, 0.05) is 86.4 Å². The number of hydrogen-bond donors (Lipinski definition) is 1. The van der Waals surface area contributed by atoms with Gasteiger partial charge in [-0.2, -0.15) is 0 Å². The zero-order valence-electron chi connectivity index (χ0n) is 18.5. The number of nitrogens with one attached hydrogen (secondary N) is 1. The molecule has 2 aliphatic rings. The number of anilines is 1. The van der Waals surface area contributed by atoms with Crippen LogP contribution in [0.15, 0.2) is 36.7 Å². The summed E-state index contributed by atoms with van der Waals surface area (Å²) in [5, 5.41) is 1.16. The van der Waals surface area contributed by atoms with Gasteiger partial charge >= 0.3 is 0 Å². The van der Waals surface area contributed by atoms with E-state index in [0.717, 1.165) is 87.0 Å². The highest BCUT2D eigenvalue weighted by Crippen LogP contribution is 2.28. The van der Waals surface area contributed by atoms with E-state index in [1.54, 1.807) is 0 Å². The van der Waals surface area contributed by atoms with Gasteiger partial charge in [0.25, 0.3) is 0 Å². The van der Waals surface area contributed by atoms with Crippen molar-refractivity contribution in [2.24, 2.45) is 0 Å². The number of piperazine rings is 1. The first-order chi connectivity index (χ1) is 15.2. The number of hydrogen-bond acceptors (Lipinski definition) is 6. The monoisotopic (exact) mass is 420 g/mol.